The van der Waals surface area contributed by atoms with E-state index in [9.17, 15) is 5.26 Å². The molecule has 0 saturated heterocycles. The van der Waals surface area contributed by atoms with E-state index in [-0.39, 0.29) is 5.92 Å². The minimum atomic E-state index is -0.138. The Bertz CT molecular complexity index is 526. The van der Waals surface area contributed by atoms with Crippen molar-refractivity contribution in [3.05, 3.63) is 65.7 Å². The lowest BCUT2D eigenvalue weighted by Crippen LogP contribution is -2.03. The fourth-order valence-corrected chi connectivity index (χ4v) is 1.86. The Morgan fingerprint density at radius 1 is 1.00 bits per heavy atom. The first-order chi connectivity index (χ1) is 8.31. The predicted octanol–water partition coefficient (Wildman–Crippen LogP) is 3.12. The third-order valence-corrected chi connectivity index (χ3v) is 2.84. The standard InChI is InChI=1S/C15H14N2/c16-11-14(12-6-2-1-3-7-12)10-13-8-4-5-9-15(13)17/h1-9,14H,10,17H2. The second-order valence-corrected chi connectivity index (χ2v) is 4.00. The summed E-state index contributed by atoms with van der Waals surface area (Å²) in [4.78, 5) is 0. The van der Waals surface area contributed by atoms with Gasteiger partial charge in [0.15, 0.2) is 0 Å². The van der Waals surface area contributed by atoms with Crippen LogP contribution in [0.5, 0.6) is 0 Å². The van der Waals surface area contributed by atoms with E-state index < -0.39 is 0 Å². The van der Waals surface area contributed by atoms with E-state index in [0.29, 0.717) is 6.42 Å². The van der Waals surface area contributed by atoms with Crippen LogP contribution in [0, 0.1) is 11.3 Å². The molecule has 0 aromatic heterocycles. The van der Waals surface area contributed by atoms with E-state index in [1.807, 2.05) is 54.6 Å². The van der Waals surface area contributed by atoms with Crippen molar-refractivity contribution in [2.45, 2.75) is 12.3 Å². The molecule has 1 unspecified atom stereocenters. The smallest absolute Gasteiger partial charge is 0.0753 e. The summed E-state index contributed by atoms with van der Waals surface area (Å²) in [7, 11) is 0. The molecular weight excluding hydrogens is 208 g/mol. The van der Waals surface area contributed by atoms with Crippen LogP contribution in [0.3, 0.4) is 0 Å². The van der Waals surface area contributed by atoms with Crippen molar-refractivity contribution in [3.63, 3.8) is 0 Å². The van der Waals surface area contributed by atoms with Gasteiger partial charge in [-0.3, -0.25) is 0 Å². The number of benzene rings is 2. The van der Waals surface area contributed by atoms with Gasteiger partial charge in [0.05, 0.1) is 12.0 Å². The average Bonchev–Trinajstić information content (AvgIpc) is 2.39. The fourth-order valence-electron chi connectivity index (χ4n) is 1.86. The highest BCUT2D eigenvalue weighted by Gasteiger charge is 2.12. The number of nitrogens with two attached hydrogens (primary N) is 1. The summed E-state index contributed by atoms with van der Waals surface area (Å²) in [6.45, 7) is 0. The summed E-state index contributed by atoms with van der Waals surface area (Å²) in [5.41, 5.74) is 8.72. The molecular formula is C15H14N2. The molecule has 0 aliphatic carbocycles. The van der Waals surface area contributed by atoms with Crippen molar-refractivity contribution in [1.82, 2.24) is 0 Å². The van der Waals surface area contributed by atoms with E-state index in [0.717, 1.165) is 16.8 Å². The molecule has 2 rings (SSSR count). The maximum absolute atomic E-state index is 9.24. The van der Waals surface area contributed by atoms with Crippen LogP contribution >= 0.6 is 0 Å². The van der Waals surface area contributed by atoms with Crippen LogP contribution in [0.25, 0.3) is 0 Å². The third kappa shape index (κ3) is 2.64. The maximum Gasteiger partial charge on any atom is 0.0753 e. The van der Waals surface area contributed by atoms with E-state index in [1.165, 1.54) is 0 Å². The molecule has 17 heavy (non-hydrogen) atoms. The van der Waals surface area contributed by atoms with Gasteiger partial charge in [-0.1, -0.05) is 48.5 Å². The van der Waals surface area contributed by atoms with Crippen LogP contribution in [-0.2, 0) is 6.42 Å². The highest BCUT2D eigenvalue weighted by molar-refractivity contribution is 5.47. The summed E-state index contributed by atoms with van der Waals surface area (Å²) in [5.74, 6) is -0.138. The number of nitriles is 1. The van der Waals surface area contributed by atoms with E-state index in [1.54, 1.807) is 0 Å². The number of hydrogen-bond donors (Lipinski definition) is 1. The van der Waals surface area contributed by atoms with Gasteiger partial charge in [0.1, 0.15) is 0 Å². The van der Waals surface area contributed by atoms with Gasteiger partial charge >= 0.3 is 0 Å². The van der Waals surface area contributed by atoms with Gasteiger partial charge in [0, 0.05) is 5.69 Å². The van der Waals surface area contributed by atoms with Crippen LogP contribution in [0.2, 0.25) is 0 Å². The highest BCUT2D eigenvalue weighted by Crippen LogP contribution is 2.22. The normalized spacial score (nSPS) is 11.7. The molecule has 0 saturated carbocycles. The van der Waals surface area contributed by atoms with Crippen molar-refractivity contribution < 1.29 is 0 Å². The molecule has 0 heterocycles. The summed E-state index contributed by atoms with van der Waals surface area (Å²) in [6, 6.07) is 19.9. The summed E-state index contributed by atoms with van der Waals surface area (Å²) < 4.78 is 0. The van der Waals surface area contributed by atoms with Gasteiger partial charge in [-0.25, -0.2) is 0 Å². The third-order valence-electron chi connectivity index (χ3n) is 2.84. The number of anilines is 1. The van der Waals surface area contributed by atoms with E-state index >= 15 is 0 Å². The molecule has 0 fully saturated rings. The minimum Gasteiger partial charge on any atom is -0.399 e. The number of nitrogen functional groups attached to an aromatic ring is 1. The van der Waals surface area contributed by atoms with E-state index in [4.69, 9.17) is 5.73 Å². The van der Waals surface area contributed by atoms with Crippen molar-refractivity contribution >= 4 is 5.69 Å². The molecule has 0 radical (unpaired) electrons. The van der Waals surface area contributed by atoms with Gasteiger partial charge in [0.2, 0.25) is 0 Å². The Morgan fingerprint density at radius 2 is 1.65 bits per heavy atom. The Balaban J connectivity index is 2.23. The molecule has 0 aliphatic heterocycles. The minimum absolute atomic E-state index is 0.138. The Kier molecular flexibility index (Phi) is 3.42. The summed E-state index contributed by atoms with van der Waals surface area (Å²) >= 11 is 0. The van der Waals surface area contributed by atoms with Gasteiger partial charge in [-0.15, -0.1) is 0 Å². The first-order valence-corrected chi connectivity index (χ1v) is 5.59. The van der Waals surface area contributed by atoms with Crippen molar-refractivity contribution in [3.8, 4) is 6.07 Å². The number of hydrogen-bond acceptors (Lipinski definition) is 2. The Hall–Kier alpha value is -2.27. The van der Waals surface area contributed by atoms with Gasteiger partial charge in [-0.05, 0) is 23.6 Å². The van der Waals surface area contributed by atoms with Crippen LogP contribution in [0.15, 0.2) is 54.6 Å². The lowest BCUT2D eigenvalue weighted by Gasteiger charge is -2.11. The zero-order valence-corrected chi connectivity index (χ0v) is 9.51. The molecule has 2 aromatic rings. The van der Waals surface area contributed by atoms with Crippen LogP contribution in [0.4, 0.5) is 5.69 Å². The first kappa shape index (κ1) is 11.2. The van der Waals surface area contributed by atoms with Crippen molar-refractivity contribution in [2.75, 3.05) is 5.73 Å². The SMILES string of the molecule is N#CC(Cc1ccccc1N)c1ccccc1. The van der Waals surface area contributed by atoms with Crippen molar-refractivity contribution in [1.29, 1.82) is 5.26 Å². The zero-order chi connectivity index (χ0) is 12.1. The number of rotatable bonds is 3. The highest BCUT2D eigenvalue weighted by atomic mass is 14.6. The van der Waals surface area contributed by atoms with Gasteiger partial charge in [0.25, 0.3) is 0 Å². The lowest BCUT2D eigenvalue weighted by atomic mass is 9.93. The molecule has 2 heteroatoms. The summed E-state index contributed by atoms with van der Waals surface area (Å²) in [6.07, 6.45) is 0.660. The van der Waals surface area contributed by atoms with Crippen LogP contribution in [-0.4, -0.2) is 0 Å². The molecule has 2 aromatic carbocycles. The Morgan fingerprint density at radius 3 is 2.29 bits per heavy atom. The van der Waals surface area contributed by atoms with Crippen molar-refractivity contribution in [2.24, 2.45) is 0 Å². The van der Waals surface area contributed by atoms with E-state index in [2.05, 4.69) is 6.07 Å². The Labute approximate surface area is 101 Å². The maximum atomic E-state index is 9.24. The molecule has 0 amide bonds. The second kappa shape index (κ2) is 5.18. The number of para-hydroxylation sites is 1. The molecule has 0 bridgehead atoms. The fraction of sp³-hybridized carbons (Fsp3) is 0.133. The topological polar surface area (TPSA) is 49.8 Å². The molecule has 84 valence electrons. The van der Waals surface area contributed by atoms with Gasteiger partial charge < -0.3 is 5.73 Å². The zero-order valence-electron chi connectivity index (χ0n) is 9.51. The molecule has 2 nitrogen and oxygen atoms in total. The first-order valence-electron chi connectivity index (χ1n) is 5.59. The molecule has 0 spiro atoms. The molecule has 2 N–H and O–H groups in total. The monoisotopic (exact) mass is 222 g/mol. The quantitative estimate of drug-likeness (QED) is 0.811. The number of nitrogens with zero attached hydrogens (tertiary/aromatic N) is 1. The second-order valence-electron chi connectivity index (χ2n) is 4.00. The summed E-state index contributed by atoms with van der Waals surface area (Å²) in [5, 5.41) is 9.24. The van der Waals surface area contributed by atoms with Gasteiger partial charge in [-0.2, -0.15) is 5.26 Å². The lowest BCUT2D eigenvalue weighted by molar-refractivity contribution is 0.851. The van der Waals surface area contributed by atoms with Crippen LogP contribution in [0.1, 0.15) is 17.0 Å². The van der Waals surface area contributed by atoms with Crippen LogP contribution < -0.4 is 5.73 Å². The molecule has 0 aliphatic rings. The molecule has 1 atom stereocenters. The average molecular weight is 222 g/mol. The predicted molar refractivity (Wildman–Crippen MR) is 69.4 cm³/mol. The largest absolute Gasteiger partial charge is 0.399 e.